The van der Waals surface area contributed by atoms with E-state index in [1.54, 1.807) is 18.2 Å². The number of esters is 1. The Kier molecular flexibility index (Phi) is 6.20. The van der Waals surface area contributed by atoms with E-state index < -0.39 is 6.04 Å². The zero-order valence-corrected chi connectivity index (χ0v) is 14.5. The molecule has 0 spiro atoms. The number of nitrogens with one attached hydrogen (secondary N) is 1. The van der Waals surface area contributed by atoms with Crippen molar-refractivity contribution in [3.05, 3.63) is 46.2 Å². The van der Waals surface area contributed by atoms with Crippen molar-refractivity contribution in [1.29, 1.82) is 0 Å². The molecule has 0 aliphatic rings. The average molecular weight is 349 g/mol. The first-order valence-electron chi connectivity index (χ1n) is 7.22. The van der Waals surface area contributed by atoms with Crippen molar-refractivity contribution in [1.82, 2.24) is 5.32 Å². The van der Waals surface area contributed by atoms with Crippen LogP contribution in [0.3, 0.4) is 0 Å². The minimum absolute atomic E-state index is 0.0655. The zero-order chi connectivity index (χ0) is 17.5. The smallest absolute Gasteiger partial charge is 0.307 e. The normalized spacial score (nSPS) is 11.5. The molecule has 0 radical (unpaired) electrons. The highest BCUT2D eigenvalue weighted by Gasteiger charge is 2.21. The fourth-order valence-corrected chi connectivity index (χ4v) is 2.96. The third kappa shape index (κ3) is 4.26. The maximum absolute atomic E-state index is 12.5. The molecule has 24 heavy (non-hydrogen) atoms. The number of hydrogen-bond donors (Lipinski definition) is 1. The SMILES string of the molecule is COC(=O)CC(NC(=O)c1ccc(OC)c(OC)c1)c1cccs1. The Morgan fingerprint density at radius 2 is 1.88 bits per heavy atom. The van der Waals surface area contributed by atoms with Gasteiger partial charge in [0.05, 0.1) is 33.8 Å². The van der Waals surface area contributed by atoms with Crippen LogP contribution in [0.5, 0.6) is 11.5 Å². The summed E-state index contributed by atoms with van der Waals surface area (Å²) in [5.74, 6) is 0.309. The number of rotatable bonds is 7. The standard InChI is InChI=1S/C17H19NO5S/c1-21-13-7-6-11(9-14(13)22-2)17(20)18-12(10-16(19)23-3)15-5-4-8-24-15/h4-9,12H,10H2,1-3H3,(H,18,20). The lowest BCUT2D eigenvalue weighted by Crippen LogP contribution is -2.30. The molecule has 2 aromatic rings. The molecular weight excluding hydrogens is 330 g/mol. The number of benzene rings is 1. The first-order valence-corrected chi connectivity index (χ1v) is 8.10. The van der Waals surface area contributed by atoms with Gasteiger partial charge in [-0.05, 0) is 29.6 Å². The molecule has 0 saturated carbocycles. The second kappa shape index (κ2) is 8.35. The van der Waals surface area contributed by atoms with Crippen LogP contribution in [0.4, 0.5) is 0 Å². The summed E-state index contributed by atoms with van der Waals surface area (Å²) in [6.45, 7) is 0. The monoisotopic (exact) mass is 349 g/mol. The van der Waals surface area contributed by atoms with Crippen molar-refractivity contribution >= 4 is 23.2 Å². The van der Waals surface area contributed by atoms with Gasteiger partial charge >= 0.3 is 5.97 Å². The van der Waals surface area contributed by atoms with Gasteiger partial charge in [0.15, 0.2) is 11.5 Å². The number of carbonyl (C=O) groups is 2. The van der Waals surface area contributed by atoms with Crippen LogP contribution < -0.4 is 14.8 Å². The maximum atomic E-state index is 12.5. The fraction of sp³-hybridized carbons (Fsp3) is 0.294. The lowest BCUT2D eigenvalue weighted by molar-refractivity contribution is -0.141. The van der Waals surface area contributed by atoms with Gasteiger partial charge in [0.2, 0.25) is 0 Å². The number of thiophene rings is 1. The van der Waals surface area contributed by atoms with Crippen LogP contribution in [0.1, 0.15) is 27.7 Å². The highest BCUT2D eigenvalue weighted by Crippen LogP contribution is 2.28. The van der Waals surface area contributed by atoms with E-state index in [0.717, 1.165) is 4.88 Å². The topological polar surface area (TPSA) is 73.9 Å². The van der Waals surface area contributed by atoms with E-state index in [4.69, 9.17) is 14.2 Å². The summed E-state index contributed by atoms with van der Waals surface area (Å²) in [5, 5.41) is 4.76. The summed E-state index contributed by atoms with van der Waals surface area (Å²) >= 11 is 1.47. The van der Waals surface area contributed by atoms with Crippen LogP contribution in [-0.2, 0) is 9.53 Å². The van der Waals surface area contributed by atoms with Crippen molar-refractivity contribution in [2.45, 2.75) is 12.5 Å². The number of hydrogen-bond acceptors (Lipinski definition) is 6. The average Bonchev–Trinajstić information content (AvgIpc) is 3.14. The Hall–Kier alpha value is -2.54. The molecule has 6 nitrogen and oxygen atoms in total. The van der Waals surface area contributed by atoms with Crippen molar-refractivity contribution in [3.8, 4) is 11.5 Å². The third-order valence-corrected chi connectivity index (χ3v) is 4.42. The van der Waals surface area contributed by atoms with Crippen LogP contribution in [0.2, 0.25) is 0 Å². The Bertz CT molecular complexity index is 699. The van der Waals surface area contributed by atoms with Crippen LogP contribution >= 0.6 is 11.3 Å². The maximum Gasteiger partial charge on any atom is 0.307 e. The van der Waals surface area contributed by atoms with Crippen LogP contribution in [0, 0.1) is 0 Å². The van der Waals surface area contributed by atoms with E-state index in [0.29, 0.717) is 17.1 Å². The molecular formula is C17H19NO5S. The van der Waals surface area contributed by atoms with Crippen molar-refractivity contribution in [2.24, 2.45) is 0 Å². The van der Waals surface area contributed by atoms with Crippen molar-refractivity contribution in [2.75, 3.05) is 21.3 Å². The fourth-order valence-electron chi connectivity index (χ4n) is 2.18. The number of carbonyl (C=O) groups excluding carboxylic acids is 2. The highest BCUT2D eigenvalue weighted by atomic mass is 32.1. The van der Waals surface area contributed by atoms with Crippen molar-refractivity contribution in [3.63, 3.8) is 0 Å². The summed E-state index contributed by atoms with van der Waals surface area (Å²) in [6.07, 6.45) is 0.0655. The first-order chi connectivity index (χ1) is 11.6. The summed E-state index contributed by atoms with van der Waals surface area (Å²) in [5.41, 5.74) is 0.416. The predicted octanol–water partition coefficient (Wildman–Crippen LogP) is 2.80. The lowest BCUT2D eigenvalue weighted by atomic mass is 10.1. The lowest BCUT2D eigenvalue weighted by Gasteiger charge is -2.17. The number of methoxy groups -OCH3 is 3. The van der Waals surface area contributed by atoms with Gasteiger partial charge in [0.1, 0.15) is 0 Å². The van der Waals surface area contributed by atoms with Crippen LogP contribution in [-0.4, -0.2) is 33.2 Å². The summed E-state index contributed by atoms with van der Waals surface area (Å²) in [7, 11) is 4.36. The molecule has 1 aromatic carbocycles. The second-order valence-electron chi connectivity index (χ2n) is 4.89. The van der Waals surface area contributed by atoms with Gasteiger partial charge in [-0.25, -0.2) is 0 Å². The van der Waals surface area contributed by atoms with E-state index in [1.165, 1.54) is 32.7 Å². The van der Waals surface area contributed by atoms with Gasteiger partial charge in [0, 0.05) is 10.4 Å². The van der Waals surface area contributed by atoms with E-state index in [9.17, 15) is 9.59 Å². The molecule has 128 valence electrons. The zero-order valence-electron chi connectivity index (χ0n) is 13.7. The Morgan fingerprint density at radius 1 is 1.12 bits per heavy atom. The minimum atomic E-state index is -0.446. The molecule has 2 rings (SSSR count). The molecule has 0 bridgehead atoms. The summed E-state index contributed by atoms with van der Waals surface area (Å²) < 4.78 is 15.1. The first kappa shape index (κ1) is 17.8. The molecule has 7 heteroatoms. The Labute approximate surface area is 144 Å². The minimum Gasteiger partial charge on any atom is -0.493 e. The molecule has 1 heterocycles. The van der Waals surface area contributed by atoms with E-state index in [-0.39, 0.29) is 18.3 Å². The quantitative estimate of drug-likeness (QED) is 0.778. The summed E-state index contributed by atoms with van der Waals surface area (Å²) in [4.78, 5) is 25.0. The van der Waals surface area contributed by atoms with Gasteiger partial charge in [-0.1, -0.05) is 6.07 Å². The van der Waals surface area contributed by atoms with Gasteiger partial charge in [-0.15, -0.1) is 11.3 Å². The molecule has 1 amide bonds. The molecule has 1 atom stereocenters. The van der Waals surface area contributed by atoms with E-state index in [1.807, 2.05) is 17.5 Å². The van der Waals surface area contributed by atoms with Crippen molar-refractivity contribution < 1.29 is 23.8 Å². The molecule has 0 saturated heterocycles. The summed E-state index contributed by atoms with van der Waals surface area (Å²) in [6, 6.07) is 8.19. The third-order valence-electron chi connectivity index (χ3n) is 3.44. The second-order valence-corrected chi connectivity index (χ2v) is 5.87. The number of amides is 1. The highest BCUT2D eigenvalue weighted by molar-refractivity contribution is 7.10. The number of ether oxygens (including phenoxy) is 3. The largest absolute Gasteiger partial charge is 0.493 e. The van der Waals surface area contributed by atoms with E-state index in [2.05, 4.69) is 5.32 Å². The van der Waals surface area contributed by atoms with Gasteiger partial charge in [-0.2, -0.15) is 0 Å². The Morgan fingerprint density at radius 3 is 2.46 bits per heavy atom. The molecule has 0 aliphatic heterocycles. The van der Waals surface area contributed by atoms with Crippen LogP contribution in [0.15, 0.2) is 35.7 Å². The van der Waals surface area contributed by atoms with Gasteiger partial charge in [0.25, 0.3) is 5.91 Å². The van der Waals surface area contributed by atoms with Gasteiger partial charge < -0.3 is 19.5 Å². The van der Waals surface area contributed by atoms with E-state index >= 15 is 0 Å². The molecule has 1 aromatic heterocycles. The van der Waals surface area contributed by atoms with Crippen LogP contribution in [0.25, 0.3) is 0 Å². The molecule has 1 unspecified atom stereocenters. The molecule has 0 aliphatic carbocycles. The molecule has 1 N–H and O–H groups in total. The Balaban J connectivity index is 2.19. The molecule has 0 fully saturated rings. The predicted molar refractivity (Wildman–Crippen MR) is 90.7 cm³/mol. The van der Waals surface area contributed by atoms with Gasteiger partial charge in [-0.3, -0.25) is 9.59 Å².